The number of hydrogen-bond donors (Lipinski definition) is 10. The molecule has 0 bridgehead atoms. The van der Waals surface area contributed by atoms with E-state index >= 15 is 0 Å². The van der Waals surface area contributed by atoms with Crippen LogP contribution in [0.1, 0.15) is 84.8 Å². The summed E-state index contributed by atoms with van der Waals surface area (Å²) in [7, 11) is 2.93. The number of nitro groups is 2. The minimum atomic E-state index is -3.81. The van der Waals surface area contributed by atoms with Gasteiger partial charge in [-0.15, -0.1) is 16.8 Å². The Labute approximate surface area is 734 Å². The van der Waals surface area contributed by atoms with Gasteiger partial charge in [-0.1, -0.05) is 88.5 Å². The van der Waals surface area contributed by atoms with Gasteiger partial charge in [0.05, 0.1) is 89.7 Å². The molecule has 2 aromatic carbocycles. The minimum Gasteiger partial charge on any atom is -0.479 e. The van der Waals surface area contributed by atoms with Gasteiger partial charge in [-0.05, 0) is 70.7 Å². The molecule has 688 valence electrons. The molecule has 57 heteroatoms. The number of rotatable bonds is 32. The third-order valence-electron chi connectivity index (χ3n) is 14.8. The van der Waals surface area contributed by atoms with E-state index in [4.69, 9.17) is 76.3 Å². The maximum absolute atomic E-state index is 13.1. The fourth-order valence-electron chi connectivity index (χ4n) is 8.82. The van der Waals surface area contributed by atoms with E-state index in [1.54, 1.807) is 43.4 Å². The Hall–Kier alpha value is -11.6. The van der Waals surface area contributed by atoms with Gasteiger partial charge < -0.3 is 95.0 Å². The molecule has 0 spiro atoms. The van der Waals surface area contributed by atoms with Gasteiger partial charge in [0.2, 0.25) is 82.7 Å². The summed E-state index contributed by atoms with van der Waals surface area (Å²) in [6.45, 7) is 16.7. The molecule has 15 N–H and O–H groups in total. The van der Waals surface area contributed by atoms with Crippen LogP contribution in [0.5, 0.6) is 68.9 Å². The van der Waals surface area contributed by atoms with Crippen molar-refractivity contribution >= 4 is 145 Å². The number of ether oxygens (including phenoxy) is 10. The van der Waals surface area contributed by atoms with Gasteiger partial charge in [-0.2, -0.15) is 49.8 Å². The number of anilines is 5. The number of primary sulfonamides is 3. The van der Waals surface area contributed by atoms with Crippen LogP contribution >= 0.6 is 46.7 Å². The van der Waals surface area contributed by atoms with Crippen molar-refractivity contribution < 1.29 is 106 Å². The minimum absolute atomic E-state index is 0. The number of benzene rings is 2. The number of nitrogens with one attached hydrogen (secondary N) is 4. The molecule has 0 atom stereocenters. The average molecular weight is 1900 g/mol. The SMILES string of the molecule is COc1nc(Cl)nc(OC)c1[N+](=O)[O-].COc1nc(NCCS(=O)(=O)N=C(N(C)C)N(C)C)nc(OC)c1NC(=O)c1csc(Oc2cc(C(C)(C)C)ccc2C)n1.COc1nc(NCCS(N)(=O)=O)nc(OC)c1N.COc1nc(NCCS(N)(=O)=O)nc(OC)c1[N+](=O)[O-].Cc1ccc(C(C)(C)C)cc1Oc1nc(C(=O)O)cs1.Cl.NCCS(N)(=O)=O. The van der Waals surface area contributed by atoms with Crippen LogP contribution in [0.15, 0.2) is 51.6 Å². The van der Waals surface area contributed by atoms with Gasteiger partial charge in [-0.25, -0.2) is 53.9 Å². The van der Waals surface area contributed by atoms with E-state index in [2.05, 4.69) is 144 Å². The molecule has 0 aliphatic heterocycles. The van der Waals surface area contributed by atoms with Crippen molar-refractivity contribution in [2.24, 2.45) is 25.5 Å². The molecule has 0 fully saturated rings. The van der Waals surface area contributed by atoms with E-state index < -0.39 is 73.2 Å². The number of aromatic carboxylic acids is 1. The highest BCUT2D eigenvalue weighted by Gasteiger charge is 2.30. The summed E-state index contributed by atoms with van der Waals surface area (Å²) in [5, 5.41) is 58.8. The highest BCUT2D eigenvalue weighted by atomic mass is 35.5. The zero-order valence-electron chi connectivity index (χ0n) is 70.9. The van der Waals surface area contributed by atoms with Crippen molar-refractivity contribution in [2.75, 3.05) is 161 Å². The summed E-state index contributed by atoms with van der Waals surface area (Å²) in [4.78, 5) is 86.3. The number of halogens is 2. The van der Waals surface area contributed by atoms with Crippen LogP contribution in [-0.2, 0) is 50.9 Å². The fourth-order valence-corrected chi connectivity index (χ4v) is 12.4. The molecule has 0 unspecified atom stereocenters. The molecule has 6 aromatic heterocycles. The number of hydrogen-bond acceptors (Lipinski definition) is 41. The monoisotopic (exact) mass is 1900 g/mol. The van der Waals surface area contributed by atoms with Gasteiger partial charge in [0.15, 0.2) is 17.1 Å². The smallest absolute Gasteiger partial charge is 0.392 e. The number of amides is 1. The van der Waals surface area contributed by atoms with Crippen molar-refractivity contribution in [1.29, 1.82) is 0 Å². The van der Waals surface area contributed by atoms with E-state index in [1.807, 2.05) is 38.1 Å². The fraction of sp³-hybridized carbons (Fsp3) is 0.448. The highest BCUT2D eigenvalue weighted by Crippen LogP contribution is 2.39. The number of carboxylic acid groups (broad SMARTS) is 1. The summed E-state index contributed by atoms with van der Waals surface area (Å²) in [6, 6.07) is 12.1. The lowest BCUT2D eigenvalue weighted by atomic mass is 9.86. The van der Waals surface area contributed by atoms with Gasteiger partial charge in [0.1, 0.15) is 17.2 Å². The molecule has 124 heavy (non-hydrogen) atoms. The number of nitrogen functional groups attached to an aromatic ring is 1. The van der Waals surface area contributed by atoms with Crippen LogP contribution in [0, 0.1) is 34.1 Å². The number of nitrogens with two attached hydrogens (primary N) is 5. The third kappa shape index (κ3) is 36.5. The first kappa shape index (κ1) is 109. The van der Waals surface area contributed by atoms with Gasteiger partial charge in [0.25, 0.3) is 26.3 Å². The lowest BCUT2D eigenvalue weighted by Gasteiger charge is -2.22. The number of aromatic nitrogens is 10. The van der Waals surface area contributed by atoms with Gasteiger partial charge in [-0.3, -0.25) is 25.0 Å². The Balaban J connectivity index is 0.000000549. The molecule has 8 aromatic rings. The van der Waals surface area contributed by atoms with Crippen LogP contribution in [0.25, 0.3) is 0 Å². The Morgan fingerprint density at radius 3 is 1.15 bits per heavy atom. The molecule has 0 aliphatic rings. The zero-order chi connectivity index (χ0) is 93.5. The number of carboxylic acids is 1. The van der Waals surface area contributed by atoms with Gasteiger partial charge >= 0.3 is 40.9 Å². The topological polar surface area (TPSA) is 695 Å². The number of sulfonamides is 4. The van der Waals surface area contributed by atoms with Crippen LogP contribution in [0.3, 0.4) is 0 Å². The zero-order valence-corrected chi connectivity index (χ0v) is 77.3. The number of carbonyl (C=O) groups excluding carboxylic acids is 1. The molecular weight excluding hydrogens is 1800 g/mol. The maximum atomic E-state index is 13.1. The Morgan fingerprint density at radius 2 is 0.847 bits per heavy atom. The Morgan fingerprint density at radius 1 is 0.524 bits per heavy atom. The Bertz CT molecular complexity index is 5350. The summed E-state index contributed by atoms with van der Waals surface area (Å²) in [6.07, 6.45) is 0. The molecule has 0 saturated heterocycles. The molecule has 0 aliphatic carbocycles. The summed E-state index contributed by atoms with van der Waals surface area (Å²) < 4.78 is 143. The lowest BCUT2D eigenvalue weighted by Crippen LogP contribution is -2.36. The molecule has 8 rings (SSSR count). The first-order valence-electron chi connectivity index (χ1n) is 35.0. The van der Waals surface area contributed by atoms with E-state index in [0.717, 1.165) is 22.3 Å². The molecule has 0 radical (unpaired) electrons. The number of aryl methyl sites for hydroxylation is 2. The predicted molar refractivity (Wildman–Crippen MR) is 467 cm³/mol. The standard InChI is InChI=1S/C28H40N8O6S2.C15H17NO3S.C8H13N5O6S.C8H15N5O4S.C6H6ClN3O4.C2H8N2O2S.ClH/c1-17-11-12-18(28(2,3)4)15-20(17)42-27-30-19(16-43-27)22(37)31-21-23(40-9)32-25(33-24(21)41-10)29-13-14-44(38,39)34-26(35(5)6)36(7)8;1-9-5-6-10(15(2,3)4)7-12(9)19-14-16-11(8-20-14)13(17)18;1-18-6-5(13(14)15)7(19-2)12-8(11-6)10-3-4-20(9,16)17;1-16-6-5(9)7(17-2)13-8(12-6)11-3-4-18(10,14)15;1-13-4-3(10(11)12)5(14-2)9-6(7)8-4;3-1-2-7(4,5)6;/h11-12,15-16H,13-14H2,1-10H3,(H,31,37)(H,29,32,33);5-8H,1-4H3,(H,17,18);3-4H2,1-2H3,(H2,9,16,17)(H,10,11,12);3-4,9H2,1-2H3,(H2,10,14,15)(H,11,12,13);1-2H3;1-3H2,(H2,4,5,6);1H. The normalized spacial score (nSPS) is 11.0. The Kier molecular flexibility index (Phi) is 42.9. The van der Waals surface area contributed by atoms with Crippen molar-refractivity contribution in [3.05, 3.63) is 106 Å². The molecule has 1 amide bonds. The largest absolute Gasteiger partial charge is 0.479 e. The number of guanidine groups is 1. The molecule has 49 nitrogen and oxygen atoms in total. The first-order valence-corrected chi connectivity index (χ1v) is 43.9. The van der Waals surface area contributed by atoms with Crippen LogP contribution in [-0.4, -0.2) is 260 Å². The lowest BCUT2D eigenvalue weighted by molar-refractivity contribution is -0.387. The molecule has 6 heterocycles. The van der Waals surface area contributed by atoms with Gasteiger partial charge in [0, 0.05) is 65.1 Å². The molecular formula is C67H100Cl2N24O25S6. The van der Waals surface area contributed by atoms with Crippen LogP contribution in [0.4, 0.5) is 40.6 Å². The summed E-state index contributed by atoms with van der Waals surface area (Å²) in [5.41, 5.74) is 14.1. The number of carbonyl (C=O) groups is 2. The van der Waals surface area contributed by atoms with Crippen molar-refractivity contribution in [3.63, 3.8) is 0 Å². The van der Waals surface area contributed by atoms with Crippen molar-refractivity contribution in [2.45, 2.75) is 66.2 Å². The van der Waals surface area contributed by atoms with E-state index in [-0.39, 0.29) is 171 Å². The average Bonchev–Trinajstić information content (AvgIpc) is 1.66. The second-order valence-corrected chi connectivity index (χ2v) is 35.7. The maximum Gasteiger partial charge on any atom is 0.392 e. The molecule has 0 saturated carbocycles. The number of methoxy groups -OCH3 is 8. The summed E-state index contributed by atoms with van der Waals surface area (Å²) in [5.74, 6) is -1.69. The highest BCUT2D eigenvalue weighted by molar-refractivity contribution is 7.90. The van der Waals surface area contributed by atoms with E-state index in [1.165, 1.54) is 84.9 Å². The second-order valence-electron chi connectivity index (χ2n) is 26.8. The van der Waals surface area contributed by atoms with Crippen LogP contribution in [0.2, 0.25) is 5.28 Å². The van der Waals surface area contributed by atoms with E-state index in [0.29, 0.717) is 21.9 Å². The second kappa shape index (κ2) is 49.1. The van der Waals surface area contributed by atoms with E-state index in [9.17, 15) is 63.5 Å². The first-order chi connectivity index (χ1) is 57.1. The number of thiazole rings is 2. The third-order valence-corrected chi connectivity index (χ3v) is 19.9. The predicted octanol–water partition coefficient (Wildman–Crippen LogP) is 5.65. The van der Waals surface area contributed by atoms with Crippen LogP contribution < -0.4 is 95.5 Å². The summed E-state index contributed by atoms with van der Waals surface area (Å²) >= 11 is 7.84. The van der Waals surface area contributed by atoms with Crippen molar-refractivity contribution in [3.8, 4) is 68.9 Å². The quantitative estimate of drug-likeness (QED) is 0.00800. The van der Waals surface area contributed by atoms with Crippen molar-refractivity contribution in [1.82, 2.24) is 59.6 Å². The number of nitrogens with zero attached hydrogens (tertiary/aromatic N) is 15.